The second-order valence-electron chi connectivity index (χ2n) is 6.06. The zero-order valence-electron chi connectivity index (χ0n) is 15.4. The van der Waals surface area contributed by atoms with E-state index in [4.69, 9.17) is 16.3 Å². The Morgan fingerprint density at radius 2 is 1.93 bits per heavy atom. The molecule has 0 fully saturated rings. The molecule has 146 valence electrons. The van der Waals surface area contributed by atoms with E-state index in [1.165, 1.54) is 0 Å². The summed E-state index contributed by atoms with van der Waals surface area (Å²) in [5.74, 6) is 0.612. The first-order valence-corrected chi connectivity index (χ1v) is 10.4. The predicted octanol–water partition coefficient (Wildman–Crippen LogP) is 3.41. The van der Waals surface area contributed by atoms with Crippen molar-refractivity contribution >= 4 is 46.3 Å². The van der Waals surface area contributed by atoms with Crippen LogP contribution in [0.3, 0.4) is 0 Å². The van der Waals surface area contributed by atoms with Crippen LogP contribution >= 0.6 is 23.4 Å². The highest BCUT2D eigenvalue weighted by atomic mass is 35.5. The Kier molecular flexibility index (Phi) is 6.95. The number of halogens is 1. The van der Waals surface area contributed by atoms with Crippen LogP contribution in [0.4, 0.5) is 0 Å². The van der Waals surface area contributed by atoms with Crippen LogP contribution in [0.25, 0.3) is 11.0 Å². The number of ether oxygens (including phenoxy) is 1. The standard InChI is InChI=1S/C20H20ClN3O3S/c1-28-13-18-23-16-8-4-5-9-17(16)24(18)11-20(26)27-12-19(25)22-10-14-6-2-3-7-15(14)21/h2-9H,10-13H2,1H3,(H,22,25). The highest BCUT2D eigenvalue weighted by molar-refractivity contribution is 7.97. The van der Waals surface area contributed by atoms with E-state index in [2.05, 4.69) is 10.3 Å². The highest BCUT2D eigenvalue weighted by Gasteiger charge is 2.15. The summed E-state index contributed by atoms with van der Waals surface area (Å²) in [6, 6.07) is 14.9. The third kappa shape index (κ3) is 5.05. The maximum atomic E-state index is 12.3. The largest absolute Gasteiger partial charge is 0.454 e. The molecule has 3 aromatic rings. The molecular weight excluding hydrogens is 398 g/mol. The molecule has 0 spiro atoms. The van der Waals surface area contributed by atoms with Gasteiger partial charge in [0, 0.05) is 11.6 Å². The number of fused-ring (bicyclic) bond motifs is 1. The Labute approximate surface area is 172 Å². The van der Waals surface area contributed by atoms with Crippen LogP contribution in [-0.2, 0) is 33.2 Å². The first-order valence-electron chi connectivity index (χ1n) is 8.67. The molecule has 0 atom stereocenters. The monoisotopic (exact) mass is 417 g/mol. The topological polar surface area (TPSA) is 73.2 Å². The van der Waals surface area contributed by atoms with Gasteiger partial charge in [-0.2, -0.15) is 11.8 Å². The SMILES string of the molecule is CSCc1nc2ccccc2n1CC(=O)OCC(=O)NCc1ccccc1Cl. The van der Waals surface area contributed by atoms with Crippen molar-refractivity contribution in [2.45, 2.75) is 18.8 Å². The van der Waals surface area contributed by atoms with Gasteiger partial charge in [-0.15, -0.1) is 0 Å². The van der Waals surface area contributed by atoms with Gasteiger partial charge < -0.3 is 14.6 Å². The number of carbonyl (C=O) groups excluding carboxylic acids is 2. The molecule has 0 radical (unpaired) electrons. The minimum absolute atomic E-state index is 0.00814. The number of hydrogen-bond acceptors (Lipinski definition) is 5. The predicted molar refractivity (Wildman–Crippen MR) is 111 cm³/mol. The molecule has 0 unspecified atom stereocenters. The molecule has 1 N–H and O–H groups in total. The van der Waals surface area contributed by atoms with E-state index in [0.29, 0.717) is 10.8 Å². The van der Waals surface area contributed by atoms with Crippen molar-refractivity contribution in [3.05, 3.63) is 64.9 Å². The Bertz CT molecular complexity index is 990. The van der Waals surface area contributed by atoms with Crippen molar-refractivity contribution in [3.8, 4) is 0 Å². The average Bonchev–Trinajstić information content (AvgIpc) is 3.03. The van der Waals surface area contributed by atoms with Crippen molar-refractivity contribution in [2.24, 2.45) is 0 Å². The number of imidazole rings is 1. The van der Waals surface area contributed by atoms with Crippen LogP contribution in [0.2, 0.25) is 5.02 Å². The molecule has 1 heterocycles. The highest BCUT2D eigenvalue weighted by Crippen LogP contribution is 2.19. The smallest absolute Gasteiger partial charge is 0.326 e. The van der Waals surface area contributed by atoms with E-state index in [0.717, 1.165) is 22.4 Å². The van der Waals surface area contributed by atoms with Crippen LogP contribution in [0.5, 0.6) is 0 Å². The van der Waals surface area contributed by atoms with E-state index in [9.17, 15) is 9.59 Å². The van der Waals surface area contributed by atoms with Crippen molar-refractivity contribution in [1.82, 2.24) is 14.9 Å². The number of thioether (sulfide) groups is 1. The van der Waals surface area contributed by atoms with Gasteiger partial charge in [0.25, 0.3) is 5.91 Å². The number of nitrogens with one attached hydrogen (secondary N) is 1. The third-order valence-corrected chi connectivity index (χ3v) is 5.01. The van der Waals surface area contributed by atoms with Gasteiger partial charge in [-0.1, -0.05) is 41.9 Å². The zero-order valence-corrected chi connectivity index (χ0v) is 16.9. The molecule has 0 aliphatic rings. The Balaban J connectivity index is 1.56. The molecule has 6 nitrogen and oxygen atoms in total. The molecule has 0 aliphatic carbocycles. The summed E-state index contributed by atoms with van der Waals surface area (Å²) in [5.41, 5.74) is 2.50. The Hall–Kier alpha value is -2.51. The molecule has 3 rings (SSSR count). The van der Waals surface area contributed by atoms with E-state index in [1.54, 1.807) is 17.8 Å². The number of aromatic nitrogens is 2. The molecular formula is C20H20ClN3O3S. The number of amides is 1. The maximum Gasteiger partial charge on any atom is 0.326 e. The summed E-state index contributed by atoms with van der Waals surface area (Å²) in [6.07, 6.45) is 1.98. The van der Waals surface area contributed by atoms with Crippen LogP contribution < -0.4 is 5.32 Å². The lowest BCUT2D eigenvalue weighted by atomic mass is 10.2. The fourth-order valence-electron chi connectivity index (χ4n) is 2.75. The van der Waals surface area contributed by atoms with Gasteiger partial charge in [0.05, 0.1) is 16.8 Å². The van der Waals surface area contributed by atoms with Crippen molar-refractivity contribution in [1.29, 1.82) is 0 Å². The van der Waals surface area contributed by atoms with Crippen molar-refractivity contribution in [3.63, 3.8) is 0 Å². The van der Waals surface area contributed by atoms with E-state index in [1.807, 2.05) is 53.3 Å². The zero-order chi connectivity index (χ0) is 19.9. The van der Waals surface area contributed by atoms with Gasteiger partial charge in [0.2, 0.25) is 0 Å². The molecule has 28 heavy (non-hydrogen) atoms. The Morgan fingerprint density at radius 3 is 2.71 bits per heavy atom. The van der Waals surface area contributed by atoms with Gasteiger partial charge in [-0.25, -0.2) is 4.98 Å². The lowest BCUT2D eigenvalue weighted by Crippen LogP contribution is -2.29. The molecule has 0 saturated carbocycles. The molecule has 8 heteroatoms. The lowest BCUT2D eigenvalue weighted by molar-refractivity contribution is -0.149. The fraction of sp³-hybridized carbons (Fsp3) is 0.250. The molecule has 2 aromatic carbocycles. The second-order valence-corrected chi connectivity index (χ2v) is 7.34. The summed E-state index contributed by atoms with van der Waals surface area (Å²) in [5, 5.41) is 3.27. The van der Waals surface area contributed by atoms with E-state index in [-0.39, 0.29) is 25.6 Å². The fourth-order valence-corrected chi connectivity index (χ4v) is 3.43. The quantitative estimate of drug-likeness (QED) is 0.568. The van der Waals surface area contributed by atoms with Crippen molar-refractivity contribution < 1.29 is 14.3 Å². The first kappa shape index (κ1) is 20.2. The molecule has 1 aromatic heterocycles. The van der Waals surface area contributed by atoms with Gasteiger partial charge in [0.15, 0.2) is 6.61 Å². The average molecular weight is 418 g/mol. The number of esters is 1. The maximum absolute atomic E-state index is 12.3. The van der Waals surface area contributed by atoms with Crippen LogP contribution in [0.15, 0.2) is 48.5 Å². The number of carbonyl (C=O) groups is 2. The summed E-state index contributed by atoms with van der Waals surface area (Å²) in [6.45, 7) is -0.0535. The summed E-state index contributed by atoms with van der Waals surface area (Å²) in [7, 11) is 0. The van der Waals surface area contributed by atoms with E-state index < -0.39 is 5.97 Å². The molecule has 0 saturated heterocycles. The van der Waals surface area contributed by atoms with Crippen molar-refractivity contribution in [2.75, 3.05) is 12.9 Å². The number of benzene rings is 2. The summed E-state index contributed by atoms with van der Waals surface area (Å²) >= 11 is 7.68. The lowest BCUT2D eigenvalue weighted by Gasteiger charge is -2.10. The first-order chi connectivity index (χ1) is 13.6. The van der Waals surface area contributed by atoms with Gasteiger partial charge in [-0.05, 0) is 30.0 Å². The molecule has 1 amide bonds. The minimum atomic E-state index is -0.488. The van der Waals surface area contributed by atoms with Gasteiger partial charge >= 0.3 is 5.97 Å². The Morgan fingerprint density at radius 1 is 1.18 bits per heavy atom. The van der Waals surface area contributed by atoms with Crippen LogP contribution in [0, 0.1) is 0 Å². The minimum Gasteiger partial charge on any atom is -0.454 e. The number of nitrogens with zero attached hydrogens (tertiary/aromatic N) is 2. The van der Waals surface area contributed by atoms with Gasteiger partial charge in [-0.3, -0.25) is 9.59 Å². The second kappa shape index (κ2) is 9.61. The van der Waals surface area contributed by atoms with Crippen LogP contribution in [-0.4, -0.2) is 34.3 Å². The van der Waals surface area contributed by atoms with Crippen LogP contribution in [0.1, 0.15) is 11.4 Å². The number of rotatable bonds is 8. The summed E-state index contributed by atoms with van der Waals surface area (Å²) < 4.78 is 6.97. The summed E-state index contributed by atoms with van der Waals surface area (Å²) in [4.78, 5) is 28.8. The molecule has 0 bridgehead atoms. The molecule has 0 aliphatic heterocycles. The number of hydrogen-bond donors (Lipinski definition) is 1. The number of para-hydroxylation sites is 2. The third-order valence-electron chi connectivity index (χ3n) is 4.09. The normalized spacial score (nSPS) is 10.8. The van der Waals surface area contributed by atoms with E-state index >= 15 is 0 Å². The van der Waals surface area contributed by atoms with Gasteiger partial charge in [0.1, 0.15) is 12.4 Å².